The number of nitrogens with zero attached hydrogens (tertiary/aromatic N) is 1. The van der Waals surface area contributed by atoms with Gasteiger partial charge in [0.25, 0.3) is 0 Å². The number of nitrogens with one attached hydrogen (secondary N) is 1. The van der Waals surface area contributed by atoms with Crippen LogP contribution in [-0.2, 0) is 13.0 Å². The average molecular weight is 272 g/mol. The van der Waals surface area contributed by atoms with Crippen LogP contribution in [0, 0.1) is 0 Å². The SMILES string of the molecule is CCCC1(CN2CCCc3ccccc3C2)CCCN1. The molecule has 3 rings (SSSR count). The van der Waals surface area contributed by atoms with Crippen molar-refractivity contribution in [3.63, 3.8) is 0 Å². The van der Waals surface area contributed by atoms with E-state index in [9.17, 15) is 0 Å². The average Bonchev–Trinajstić information content (AvgIpc) is 2.80. The molecule has 110 valence electrons. The molecule has 1 aromatic carbocycles. The Bertz CT molecular complexity index is 435. The van der Waals surface area contributed by atoms with Gasteiger partial charge in [0, 0.05) is 18.6 Å². The lowest BCUT2D eigenvalue weighted by Crippen LogP contribution is -2.49. The minimum atomic E-state index is 0.397. The van der Waals surface area contributed by atoms with Gasteiger partial charge in [-0.3, -0.25) is 4.90 Å². The van der Waals surface area contributed by atoms with Gasteiger partial charge in [0.05, 0.1) is 0 Å². The van der Waals surface area contributed by atoms with Crippen molar-refractivity contribution in [2.45, 2.75) is 57.5 Å². The van der Waals surface area contributed by atoms with Crippen LogP contribution in [0.2, 0.25) is 0 Å². The summed E-state index contributed by atoms with van der Waals surface area (Å²) in [5.74, 6) is 0. The van der Waals surface area contributed by atoms with E-state index >= 15 is 0 Å². The highest BCUT2D eigenvalue weighted by atomic mass is 15.2. The van der Waals surface area contributed by atoms with Crippen LogP contribution in [0.25, 0.3) is 0 Å². The Morgan fingerprint density at radius 1 is 1.20 bits per heavy atom. The first-order valence-corrected chi connectivity index (χ1v) is 8.35. The summed E-state index contributed by atoms with van der Waals surface area (Å²) in [6.45, 7) is 7.16. The molecule has 20 heavy (non-hydrogen) atoms. The lowest BCUT2D eigenvalue weighted by atomic mass is 9.91. The van der Waals surface area contributed by atoms with Crippen molar-refractivity contribution in [3.8, 4) is 0 Å². The Balaban J connectivity index is 1.71. The molecule has 0 aliphatic carbocycles. The van der Waals surface area contributed by atoms with E-state index in [1.54, 1.807) is 11.1 Å². The molecule has 1 atom stereocenters. The molecule has 1 aromatic rings. The molecule has 0 amide bonds. The van der Waals surface area contributed by atoms with Crippen molar-refractivity contribution in [2.75, 3.05) is 19.6 Å². The molecule has 0 saturated carbocycles. The van der Waals surface area contributed by atoms with E-state index in [1.807, 2.05) is 0 Å². The fourth-order valence-electron chi connectivity index (χ4n) is 4.11. The number of benzene rings is 1. The predicted molar refractivity (Wildman–Crippen MR) is 84.9 cm³/mol. The maximum Gasteiger partial charge on any atom is 0.0309 e. The predicted octanol–water partition coefficient (Wildman–Crippen LogP) is 3.36. The third-order valence-corrected chi connectivity index (χ3v) is 5.02. The standard InChI is InChI=1S/C18H28N2/c1-2-10-18(11-6-12-19-18)15-20-13-5-9-16-7-3-4-8-17(16)14-20/h3-4,7-8,19H,2,5-6,9-15H2,1H3. The number of fused-ring (bicyclic) bond motifs is 1. The summed E-state index contributed by atoms with van der Waals surface area (Å²) in [5.41, 5.74) is 3.52. The lowest BCUT2D eigenvalue weighted by molar-refractivity contribution is 0.178. The minimum absolute atomic E-state index is 0.397. The van der Waals surface area contributed by atoms with E-state index in [0.29, 0.717) is 5.54 Å². The van der Waals surface area contributed by atoms with Gasteiger partial charge in [0.1, 0.15) is 0 Å². The smallest absolute Gasteiger partial charge is 0.0309 e. The molecule has 0 bridgehead atoms. The van der Waals surface area contributed by atoms with Crippen molar-refractivity contribution in [2.24, 2.45) is 0 Å². The fraction of sp³-hybridized carbons (Fsp3) is 0.667. The zero-order valence-corrected chi connectivity index (χ0v) is 12.8. The van der Waals surface area contributed by atoms with E-state index in [0.717, 1.165) is 6.54 Å². The summed E-state index contributed by atoms with van der Waals surface area (Å²) in [6, 6.07) is 9.01. The van der Waals surface area contributed by atoms with E-state index in [4.69, 9.17) is 0 Å². The van der Waals surface area contributed by atoms with Crippen LogP contribution < -0.4 is 5.32 Å². The van der Waals surface area contributed by atoms with Crippen molar-refractivity contribution in [1.82, 2.24) is 10.2 Å². The van der Waals surface area contributed by atoms with Gasteiger partial charge >= 0.3 is 0 Å². The molecule has 1 fully saturated rings. The Kier molecular flexibility index (Phi) is 4.42. The Morgan fingerprint density at radius 2 is 2.05 bits per heavy atom. The zero-order chi connectivity index (χ0) is 13.8. The molecule has 2 nitrogen and oxygen atoms in total. The number of hydrogen-bond acceptors (Lipinski definition) is 2. The number of rotatable bonds is 4. The maximum atomic E-state index is 3.82. The molecular weight excluding hydrogens is 244 g/mol. The van der Waals surface area contributed by atoms with Crippen molar-refractivity contribution in [1.29, 1.82) is 0 Å². The molecule has 0 spiro atoms. The summed E-state index contributed by atoms with van der Waals surface area (Å²) in [4.78, 5) is 2.69. The van der Waals surface area contributed by atoms with Gasteiger partial charge in [-0.1, -0.05) is 37.6 Å². The van der Waals surface area contributed by atoms with Crippen molar-refractivity contribution >= 4 is 0 Å². The van der Waals surface area contributed by atoms with Crippen LogP contribution in [0.5, 0.6) is 0 Å². The second-order valence-electron chi connectivity index (χ2n) is 6.64. The topological polar surface area (TPSA) is 15.3 Å². The highest BCUT2D eigenvalue weighted by Crippen LogP contribution is 2.28. The quantitative estimate of drug-likeness (QED) is 0.904. The Hall–Kier alpha value is -0.860. The van der Waals surface area contributed by atoms with Crippen LogP contribution in [0.1, 0.15) is 50.2 Å². The van der Waals surface area contributed by atoms with Gasteiger partial charge in [-0.05, 0) is 56.3 Å². The Labute approximate surface area is 123 Å². The molecule has 2 heteroatoms. The van der Waals surface area contributed by atoms with Crippen LogP contribution >= 0.6 is 0 Å². The molecule has 1 unspecified atom stereocenters. The van der Waals surface area contributed by atoms with Gasteiger partial charge in [-0.15, -0.1) is 0 Å². The van der Waals surface area contributed by atoms with Gasteiger partial charge in [0.2, 0.25) is 0 Å². The van der Waals surface area contributed by atoms with Gasteiger partial charge in [-0.25, -0.2) is 0 Å². The normalized spacial score (nSPS) is 27.2. The Morgan fingerprint density at radius 3 is 2.80 bits per heavy atom. The van der Waals surface area contributed by atoms with E-state index < -0.39 is 0 Å². The second-order valence-corrected chi connectivity index (χ2v) is 6.64. The van der Waals surface area contributed by atoms with Gasteiger partial charge in [0.15, 0.2) is 0 Å². The summed E-state index contributed by atoms with van der Waals surface area (Å²) < 4.78 is 0. The van der Waals surface area contributed by atoms with Gasteiger partial charge in [-0.2, -0.15) is 0 Å². The maximum absolute atomic E-state index is 3.82. The fourth-order valence-corrected chi connectivity index (χ4v) is 4.11. The largest absolute Gasteiger partial charge is 0.310 e. The van der Waals surface area contributed by atoms with Crippen molar-refractivity contribution < 1.29 is 0 Å². The van der Waals surface area contributed by atoms with Crippen molar-refractivity contribution in [3.05, 3.63) is 35.4 Å². The highest BCUT2D eigenvalue weighted by Gasteiger charge is 2.34. The number of aryl methyl sites for hydroxylation is 1. The van der Waals surface area contributed by atoms with E-state index in [-0.39, 0.29) is 0 Å². The molecule has 2 aliphatic rings. The summed E-state index contributed by atoms with van der Waals surface area (Å²) in [6.07, 6.45) is 7.88. The summed E-state index contributed by atoms with van der Waals surface area (Å²) >= 11 is 0. The lowest BCUT2D eigenvalue weighted by Gasteiger charge is -2.35. The summed E-state index contributed by atoms with van der Waals surface area (Å²) in [7, 11) is 0. The van der Waals surface area contributed by atoms with Gasteiger partial charge < -0.3 is 5.32 Å². The first-order valence-electron chi connectivity index (χ1n) is 8.35. The molecular formula is C18H28N2. The van der Waals surface area contributed by atoms with Crippen LogP contribution in [-0.4, -0.2) is 30.1 Å². The summed E-state index contributed by atoms with van der Waals surface area (Å²) in [5, 5.41) is 3.82. The second kappa shape index (κ2) is 6.28. The molecule has 2 heterocycles. The molecule has 0 aromatic heterocycles. The first kappa shape index (κ1) is 14.1. The third kappa shape index (κ3) is 3.07. The van der Waals surface area contributed by atoms with E-state index in [2.05, 4.69) is 41.4 Å². The van der Waals surface area contributed by atoms with Crippen LogP contribution in [0.3, 0.4) is 0 Å². The number of hydrogen-bond donors (Lipinski definition) is 1. The molecule has 2 aliphatic heterocycles. The highest BCUT2D eigenvalue weighted by molar-refractivity contribution is 5.28. The van der Waals surface area contributed by atoms with Crippen LogP contribution in [0.4, 0.5) is 0 Å². The third-order valence-electron chi connectivity index (χ3n) is 5.02. The molecule has 0 radical (unpaired) electrons. The van der Waals surface area contributed by atoms with Crippen LogP contribution in [0.15, 0.2) is 24.3 Å². The minimum Gasteiger partial charge on any atom is -0.310 e. The zero-order valence-electron chi connectivity index (χ0n) is 12.8. The first-order chi connectivity index (χ1) is 9.81. The van der Waals surface area contributed by atoms with E-state index in [1.165, 1.54) is 58.2 Å². The molecule has 1 N–H and O–H groups in total. The molecule has 1 saturated heterocycles. The monoisotopic (exact) mass is 272 g/mol.